The van der Waals surface area contributed by atoms with Crippen molar-refractivity contribution in [1.29, 1.82) is 0 Å². The number of benzene rings is 10. The minimum absolute atomic E-state index is 0.620. The summed E-state index contributed by atoms with van der Waals surface area (Å²) in [6.45, 7) is 0. The topological polar surface area (TPSA) is 42.4 Å². The molecule has 2 aromatic heterocycles. The highest BCUT2D eigenvalue weighted by Gasteiger charge is 2.20. The first-order valence-electron chi connectivity index (χ1n) is 18.6. The van der Waals surface area contributed by atoms with E-state index in [9.17, 15) is 0 Å². The summed E-state index contributed by atoms with van der Waals surface area (Å²) in [6, 6.07) is 64.6. The van der Waals surface area contributed by atoms with E-state index in [0.717, 1.165) is 77.2 Å². The molecule has 0 atom stereocenters. The maximum atomic E-state index is 6.61. The molecule has 0 amide bonds. The van der Waals surface area contributed by atoms with Crippen LogP contribution in [-0.4, -0.2) is 4.98 Å². The highest BCUT2D eigenvalue weighted by molar-refractivity contribution is 6.26. The fraction of sp³-hybridized carbons (Fsp3) is 0. The molecule has 0 aliphatic carbocycles. The molecule has 2 heterocycles. The first-order chi connectivity index (χ1) is 27.2. The molecule has 0 aliphatic heterocycles. The van der Waals surface area contributed by atoms with E-state index in [0.29, 0.717) is 5.89 Å². The van der Waals surface area contributed by atoms with Gasteiger partial charge >= 0.3 is 0 Å². The summed E-state index contributed by atoms with van der Waals surface area (Å²) in [6.07, 6.45) is 0. The van der Waals surface area contributed by atoms with E-state index in [1.54, 1.807) is 0 Å². The zero-order valence-electron chi connectivity index (χ0n) is 29.5. The molecule has 0 unspecified atom stereocenters. The van der Waals surface area contributed by atoms with Gasteiger partial charge in [0.25, 0.3) is 0 Å². The Morgan fingerprint density at radius 2 is 0.891 bits per heavy atom. The first kappa shape index (κ1) is 30.1. The second kappa shape index (κ2) is 11.5. The number of nitrogens with zero attached hydrogens (tertiary/aromatic N) is 2. The van der Waals surface area contributed by atoms with E-state index in [1.807, 2.05) is 42.5 Å². The number of rotatable bonds is 4. The number of oxazole rings is 1. The molecule has 0 bridgehead atoms. The van der Waals surface area contributed by atoms with Crippen LogP contribution in [0.5, 0.6) is 0 Å². The van der Waals surface area contributed by atoms with Crippen LogP contribution in [0.25, 0.3) is 98.4 Å². The number of aromatic nitrogens is 1. The molecule has 0 saturated carbocycles. The van der Waals surface area contributed by atoms with E-state index >= 15 is 0 Å². The van der Waals surface area contributed by atoms with Crippen LogP contribution in [0.15, 0.2) is 191 Å². The van der Waals surface area contributed by atoms with Crippen molar-refractivity contribution in [2.45, 2.75) is 0 Å². The average molecular weight is 703 g/mol. The summed E-state index contributed by atoms with van der Waals surface area (Å²) >= 11 is 0. The predicted octanol–water partition coefficient (Wildman–Crippen LogP) is 14.6. The molecule has 4 nitrogen and oxygen atoms in total. The zero-order valence-corrected chi connectivity index (χ0v) is 29.5. The van der Waals surface area contributed by atoms with Crippen molar-refractivity contribution in [3.8, 4) is 11.5 Å². The maximum Gasteiger partial charge on any atom is 0.227 e. The molecule has 0 fully saturated rings. The van der Waals surface area contributed by atoms with Crippen molar-refractivity contribution in [3.63, 3.8) is 0 Å². The van der Waals surface area contributed by atoms with Gasteiger partial charge < -0.3 is 13.7 Å². The Bertz CT molecular complexity index is 3470. The van der Waals surface area contributed by atoms with Crippen LogP contribution < -0.4 is 4.90 Å². The number of para-hydroxylation sites is 1. The average Bonchev–Trinajstić information content (AvgIpc) is 3.86. The first-order valence-corrected chi connectivity index (χ1v) is 18.6. The number of hydrogen-bond acceptors (Lipinski definition) is 4. The van der Waals surface area contributed by atoms with Crippen LogP contribution in [0, 0.1) is 0 Å². The Morgan fingerprint density at radius 1 is 0.364 bits per heavy atom. The Balaban J connectivity index is 1.14. The molecule has 55 heavy (non-hydrogen) atoms. The van der Waals surface area contributed by atoms with Gasteiger partial charge in [0, 0.05) is 38.8 Å². The molecule has 12 aromatic rings. The van der Waals surface area contributed by atoms with Crippen molar-refractivity contribution >= 4 is 104 Å². The summed E-state index contributed by atoms with van der Waals surface area (Å²) in [7, 11) is 0. The number of fused-ring (bicyclic) bond motifs is 14. The van der Waals surface area contributed by atoms with Crippen molar-refractivity contribution in [2.24, 2.45) is 0 Å². The second-order valence-corrected chi connectivity index (χ2v) is 14.3. The Labute approximate surface area is 315 Å². The lowest BCUT2D eigenvalue weighted by Gasteiger charge is -2.27. The molecule has 0 aliphatic rings. The number of anilines is 3. The third-order valence-corrected chi connectivity index (χ3v) is 11.2. The lowest BCUT2D eigenvalue weighted by Crippen LogP contribution is -2.10. The zero-order chi connectivity index (χ0) is 36.0. The van der Waals surface area contributed by atoms with E-state index in [-0.39, 0.29) is 0 Å². The number of hydrogen-bond donors (Lipinski definition) is 0. The van der Waals surface area contributed by atoms with Crippen molar-refractivity contribution < 1.29 is 8.83 Å². The second-order valence-electron chi connectivity index (χ2n) is 14.3. The molecule has 0 N–H and O–H groups in total. The normalized spacial score (nSPS) is 12.0. The monoisotopic (exact) mass is 702 g/mol. The van der Waals surface area contributed by atoms with Gasteiger partial charge in [-0.1, -0.05) is 115 Å². The third-order valence-electron chi connectivity index (χ3n) is 11.2. The molecule has 0 radical (unpaired) electrons. The third kappa shape index (κ3) is 4.55. The Morgan fingerprint density at radius 3 is 1.65 bits per heavy atom. The van der Waals surface area contributed by atoms with Gasteiger partial charge in [0.05, 0.1) is 0 Å². The van der Waals surface area contributed by atoms with E-state index in [2.05, 4.69) is 144 Å². The summed E-state index contributed by atoms with van der Waals surface area (Å²) in [5.74, 6) is 0.620. The smallest absolute Gasteiger partial charge is 0.227 e. The van der Waals surface area contributed by atoms with E-state index in [1.165, 1.54) is 32.3 Å². The lowest BCUT2D eigenvalue weighted by molar-refractivity contribution is 0.623. The number of furan rings is 1. The van der Waals surface area contributed by atoms with Gasteiger partial charge in [-0.05, 0) is 115 Å². The fourth-order valence-electron chi connectivity index (χ4n) is 8.69. The minimum Gasteiger partial charge on any atom is -0.456 e. The highest BCUT2D eigenvalue weighted by Crippen LogP contribution is 2.44. The van der Waals surface area contributed by atoms with Gasteiger partial charge in [-0.15, -0.1) is 0 Å². The summed E-state index contributed by atoms with van der Waals surface area (Å²) in [5.41, 5.74) is 7.48. The summed E-state index contributed by atoms with van der Waals surface area (Å²) in [4.78, 5) is 7.30. The van der Waals surface area contributed by atoms with Crippen LogP contribution in [0.3, 0.4) is 0 Å². The maximum absolute atomic E-state index is 6.61. The van der Waals surface area contributed by atoms with Crippen LogP contribution >= 0.6 is 0 Å². The quantitative estimate of drug-likeness (QED) is 0.171. The molecule has 0 saturated heterocycles. The van der Waals surface area contributed by atoms with Gasteiger partial charge in [0.15, 0.2) is 5.58 Å². The molecule has 256 valence electrons. The van der Waals surface area contributed by atoms with Gasteiger partial charge in [-0.25, -0.2) is 4.98 Å². The fourth-order valence-corrected chi connectivity index (χ4v) is 8.69. The molecule has 0 spiro atoms. The van der Waals surface area contributed by atoms with Gasteiger partial charge in [0.2, 0.25) is 5.89 Å². The molecule has 4 heteroatoms. The molecule has 12 rings (SSSR count). The molecular weight excluding hydrogens is 673 g/mol. The Hall–Kier alpha value is -7.43. The largest absolute Gasteiger partial charge is 0.456 e. The predicted molar refractivity (Wildman–Crippen MR) is 229 cm³/mol. The summed E-state index contributed by atoms with van der Waals surface area (Å²) < 4.78 is 12.9. The van der Waals surface area contributed by atoms with Crippen LogP contribution in [0.4, 0.5) is 17.1 Å². The summed E-state index contributed by atoms with van der Waals surface area (Å²) in [5, 5.41) is 14.0. The lowest BCUT2D eigenvalue weighted by atomic mass is 9.94. The van der Waals surface area contributed by atoms with E-state index < -0.39 is 0 Å². The Kier molecular flexibility index (Phi) is 6.31. The van der Waals surface area contributed by atoms with Gasteiger partial charge in [-0.3, -0.25) is 0 Å². The highest BCUT2D eigenvalue weighted by atomic mass is 16.3. The molecular formula is C51H30N2O2. The van der Waals surface area contributed by atoms with Crippen LogP contribution in [-0.2, 0) is 0 Å². The standard InChI is InChI=1S/C51H30N2O2/c1-2-10-33(11-3-1)51-52-46-26-21-32-19-18-31-20-22-34(28-43(31)49(32)50(46)55-51)53(36-24-27-48-45(30-36)42-16-8-9-17-47(42)54-48)35-23-25-41-39-14-5-4-12-37(39)38-13-6-7-15-40(38)44(41)29-35/h1-30H. The van der Waals surface area contributed by atoms with Crippen LogP contribution in [0.2, 0.25) is 0 Å². The van der Waals surface area contributed by atoms with Gasteiger partial charge in [0.1, 0.15) is 16.7 Å². The SMILES string of the molecule is c1ccc(-c2nc3ccc4ccc5ccc(N(c6ccc7oc8ccccc8c7c6)c6ccc7c8ccccc8c8ccccc8c7c6)cc5c4c3o2)cc1. The van der Waals surface area contributed by atoms with Crippen molar-refractivity contribution in [3.05, 3.63) is 182 Å². The molecule has 10 aromatic carbocycles. The van der Waals surface area contributed by atoms with Crippen molar-refractivity contribution in [2.75, 3.05) is 4.90 Å². The van der Waals surface area contributed by atoms with Crippen LogP contribution in [0.1, 0.15) is 0 Å². The van der Waals surface area contributed by atoms with E-state index in [4.69, 9.17) is 13.8 Å². The van der Waals surface area contributed by atoms with Gasteiger partial charge in [-0.2, -0.15) is 0 Å². The van der Waals surface area contributed by atoms with Crippen molar-refractivity contribution in [1.82, 2.24) is 4.98 Å². The minimum atomic E-state index is 0.620.